The molecule has 1 aliphatic rings. The van der Waals surface area contributed by atoms with Crippen molar-refractivity contribution < 1.29 is 0 Å². The first-order valence-electron chi connectivity index (χ1n) is 5.58. The zero-order valence-corrected chi connectivity index (χ0v) is 10.4. The van der Waals surface area contributed by atoms with Crippen LogP contribution in [-0.2, 0) is 6.42 Å². The zero-order valence-electron chi connectivity index (χ0n) is 9.65. The van der Waals surface area contributed by atoms with E-state index < -0.39 is 0 Å². The van der Waals surface area contributed by atoms with Crippen molar-refractivity contribution in [3.8, 4) is 0 Å². The molecular weight excluding hydrogens is 218 g/mol. The van der Waals surface area contributed by atoms with Gasteiger partial charge in [-0.3, -0.25) is 4.99 Å². The number of nitrogens with zero attached hydrogens (tertiary/aromatic N) is 1. The molecule has 0 spiro atoms. The van der Waals surface area contributed by atoms with Crippen LogP contribution >= 0.6 is 11.6 Å². The van der Waals surface area contributed by atoms with E-state index in [1.54, 1.807) is 0 Å². The molecule has 0 N–H and O–H groups in total. The molecule has 0 radical (unpaired) electrons. The lowest BCUT2D eigenvalue weighted by atomic mass is 9.84. The Hall–Kier alpha value is -1.08. The van der Waals surface area contributed by atoms with Crippen molar-refractivity contribution in [3.05, 3.63) is 47.0 Å². The molecule has 2 heteroatoms. The Kier molecular flexibility index (Phi) is 3.15. The van der Waals surface area contributed by atoms with Gasteiger partial charge in [0.15, 0.2) is 0 Å². The third-order valence-electron chi connectivity index (χ3n) is 3.33. The number of hydrogen-bond donors (Lipinski definition) is 0. The van der Waals surface area contributed by atoms with Gasteiger partial charge < -0.3 is 0 Å². The average molecular weight is 234 g/mol. The molecule has 2 unspecified atom stereocenters. The second kappa shape index (κ2) is 4.42. The summed E-state index contributed by atoms with van der Waals surface area (Å²) in [4.78, 5) is 4.52. The van der Waals surface area contributed by atoms with E-state index >= 15 is 0 Å². The lowest BCUT2D eigenvalue weighted by molar-refractivity contribution is 0.394. The fourth-order valence-corrected chi connectivity index (χ4v) is 2.08. The molecule has 0 saturated carbocycles. The van der Waals surface area contributed by atoms with E-state index in [1.807, 2.05) is 24.4 Å². The first kappa shape index (κ1) is 11.4. The maximum absolute atomic E-state index is 5.87. The van der Waals surface area contributed by atoms with Crippen molar-refractivity contribution in [1.29, 1.82) is 0 Å². The Morgan fingerprint density at radius 2 is 2.00 bits per heavy atom. The molecule has 1 aromatic carbocycles. The van der Waals surface area contributed by atoms with E-state index in [2.05, 4.69) is 37.0 Å². The van der Waals surface area contributed by atoms with Crippen LogP contribution in [0.2, 0.25) is 5.02 Å². The van der Waals surface area contributed by atoms with E-state index in [-0.39, 0.29) is 5.54 Å². The molecule has 0 aliphatic carbocycles. The van der Waals surface area contributed by atoms with Gasteiger partial charge in [-0.2, -0.15) is 0 Å². The van der Waals surface area contributed by atoms with E-state index in [0.717, 1.165) is 11.4 Å². The minimum Gasteiger partial charge on any atom is -0.282 e. The molecule has 1 aromatic rings. The van der Waals surface area contributed by atoms with Crippen molar-refractivity contribution in [2.75, 3.05) is 0 Å². The van der Waals surface area contributed by atoms with Gasteiger partial charge in [0, 0.05) is 11.2 Å². The number of hydrogen-bond acceptors (Lipinski definition) is 1. The summed E-state index contributed by atoms with van der Waals surface area (Å²) in [5.74, 6) is 0.490. The predicted octanol–water partition coefficient (Wildman–Crippen LogP) is 3.92. The van der Waals surface area contributed by atoms with E-state index in [1.165, 1.54) is 5.56 Å². The number of halogens is 1. The smallest absolute Gasteiger partial charge is 0.0791 e. The summed E-state index contributed by atoms with van der Waals surface area (Å²) in [7, 11) is 0. The summed E-state index contributed by atoms with van der Waals surface area (Å²) in [6.07, 6.45) is 7.11. The molecule has 2 rings (SSSR count). The Labute approximate surface area is 102 Å². The second-order valence-corrected chi connectivity index (χ2v) is 5.03. The Bertz CT molecular complexity index is 405. The van der Waals surface area contributed by atoms with E-state index in [4.69, 9.17) is 11.6 Å². The van der Waals surface area contributed by atoms with E-state index in [9.17, 15) is 0 Å². The van der Waals surface area contributed by atoms with Gasteiger partial charge in [-0.25, -0.2) is 0 Å². The molecule has 2 atom stereocenters. The second-order valence-electron chi connectivity index (χ2n) is 4.59. The summed E-state index contributed by atoms with van der Waals surface area (Å²) in [5.41, 5.74) is 1.27. The van der Waals surface area contributed by atoms with Crippen LogP contribution in [0.15, 0.2) is 41.4 Å². The highest BCUT2D eigenvalue weighted by atomic mass is 35.5. The van der Waals surface area contributed by atoms with E-state index in [0.29, 0.717) is 5.92 Å². The van der Waals surface area contributed by atoms with Crippen LogP contribution in [-0.4, -0.2) is 11.8 Å². The third kappa shape index (κ3) is 2.35. The van der Waals surface area contributed by atoms with Crippen molar-refractivity contribution in [2.45, 2.75) is 25.8 Å². The quantitative estimate of drug-likeness (QED) is 0.751. The lowest BCUT2D eigenvalue weighted by Crippen LogP contribution is -2.28. The third-order valence-corrected chi connectivity index (χ3v) is 3.58. The zero-order chi connectivity index (χ0) is 11.6. The monoisotopic (exact) mass is 233 g/mol. The molecule has 0 aromatic heterocycles. The SMILES string of the molecule is CC(Cc1ccc(Cl)cc1)C1(C)C=CC=N1. The van der Waals surface area contributed by atoms with Crippen LogP contribution in [0.1, 0.15) is 19.4 Å². The summed E-state index contributed by atoms with van der Waals surface area (Å²) in [6, 6.07) is 8.06. The van der Waals surface area contributed by atoms with Crippen LogP contribution < -0.4 is 0 Å². The standard InChI is InChI=1S/C14H16ClN/c1-11(14(2)8-3-9-16-14)10-12-4-6-13(15)7-5-12/h3-9,11H,10H2,1-2H3. The molecule has 0 bridgehead atoms. The van der Waals surface area contributed by atoms with Crippen molar-refractivity contribution in [1.82, 2.24) is 0 Å². The van der Waals surface area contributed by atoms with Gasteiger partial charge in [-0.15, -0.1) is 0 Å². The van der Waals surface area contributed by atoms with Gasteiger partial charge in [-0.1, -0.05) is 36.7 Å². The predicted molar refractivity (Wildman–Crippen MR) is 70.4 cm³/mol. The van der Waals surface area contributed by atoms with Gasteiger partial charge in [0.1, 0.15) is 0 Å². The highest BCUT2D eigenvalue weighted by Crippen LogP contribution is 2.29. The van der Waals surface area contributed by atoms with Gasteiger partial charge in [-0.05, 0) is 43.0 Å². The topological polar surface area (TPSA) is 12.4 Å². The molecule has 1 aliphatic heterocycles. The van der Waals surface area contributed by atoms with Gasteiger partial charge >= 0.3 is 0 Å². The van der Waals surface area contributed by atoms with Gasteiger partial charge in [0.05, 0.1) is 5.54 Å². The number of rotatable bonds is 3. The molecule has 0 saturated heterocycles. The highest BCUT2D eigenvalue weighted by Gasteiger charge is 2.28. The maximum Gasteiger partial charge on any atom is 0.0791 e. The molecule has 84 valence electrons. The van der Waals surface area contributed by atoms with Crippen LogP contribution in [0.4, 0.5) is 0 Å². The van der Waals surface area contributed by atoms with Crippen molar-refractivity contribution in [2.24, 2.45) is 10.9 Å². The molecular formula is C14H16ClN. The van der Waals surface area contributed by atoms with Crippen LogP contribution in [0.25, 0.3) is 0 Å². The molecule has 1 nitrogen and oxygen atoms in total. The van der Waals surface area contributed by atoms with Crippen molar-refractivity contribution in [3.63, 3.8) is 0 Å². The number of benzene rings is 1. The first-order valence-corrected chi connectivity index (χ1v) is 5.95. The first-order chi connectivity index (χ1) is 7.60. The summed E-state index contributed by atoms with van der Waals surface area (Å²) >= 11 is 5.87. The fourth-order valence-electron chi connectivity index (χ4n) is 1.96. The summed E-state index contributed by atoms with van der Waals surface area (Å²) in [6.45, 7) is 4.41. The largest absolute Gasteiger partial charge is 0.282 e. The minimum atomic E-state index is -0.0420. The minimum absolute atomic E-state index is 0.0420. The highest BCUT2D eigenvalue weighted by molar-refractivity contribution is 6.30. The Morgan fingerprint density at radius 3 is 2.56 bits per heavy atom. The Balaban J connectivity index is 2.07. The fraction of sp³-hybridized carbons (Fsp3) is 0.357. The number of aliphatic imine (C=N–C) groups is 1. The van der Waals surface area contributed by atoms with Crippen LogP contribution in [0, 0.1) is 5.92 Å². The summed E-state index contributed by atoms with van der Waals surface area (Å²) < 4.78 is 0. The average Bonchev–Trinajstić information content (AvgIpc) is 2.70. The number of allylic oxidation sites excluding steroid dienone is 1. The molecule has 1 heterocycles. The molecule has 0 fully saturated rings. The lowest BCUT2D eigenvalue weighted by Gasteiger charge is -2.26. The summed E-state index contributed by atoms with van der Waals surface area (Å²) in [5, 5.41) is 0.793. The molecule has 0 amide bonds. The van der Waals surface area contributed by atoms with Crippen molar-refractivity contribution >= 4 is 17.8 Å². The van der Waals surface area contributed by atoms with Gasteiger partial charge in [0.2, 0.25) is 0 Å². The van der Waals surface area contributed by atoms with Gasteiger partial charge in [0.25, 0.3) is 0 Å². The van der Waals surface area contributed by atoms with Crippen LogP contribution in [0.5, 0.6) is 0 Å². The Morgan fingerprint density at radius 1 is 1.31 bits per heavy atom. The normalized spacial score (nSPS) is 24.9. The molecule has 16 heavy (non-hydrogen) atoms. The maximum atomic E-state index is 5.87. The van der Waals surface area contributed by atoms with Crippen LogP contribution in [0.3, 0.4) is 0 Å².